The molecule has 0 aliphatic carbocycles. The molecule has 1 amide bonds. The Bertz CT molecular complexity index is 404. The number of nitrogens with one attached hydrogen (secondary N) is 1. The van der Waals surface area contributed by atoms with Gasteiger partial charge in [-0.25, -0.2) is 12.7 Å². The van der Waals surface area contributed by atoms with Crippen LogP contribution in [0.1, 0.15) is 32.1 Å². The first-order chi connectivity index (χ1) is 9.08. The molecule has 0 saturated carbocycles. The van der Waals surface area contributed by atoms with E-state index >= 15 is 0 Å². The van der Waals surface area contributed by atoms with Crippen LogP contribution in [0.2, 0.25) is 0 Å². The minimum atomic E-state index is -3.12. The van der Waals surface area contributed by atoms with Gasteiger partial charge in [0.15, 0.2) is 0 Å². The van der Waals surface area contributed by atoms with Gasteiger partial charge in [0, 0.05) is 32.7 Å². The molecule has 2 aliphatic rings. The zero-order chi connectivity index (χ0) is 13.7. The maximum absolute atomic E-state index is 11.7. The number of hydrogen-bond donors (Lipinski definition) is 1. The van der Waals surface area contributed by atoms with Crippen LogP contribution in [0.15, 0.2) is 0 Å². The largest absolute Gasteiger partial charge is 0.376 e. The van der Waals surface area contributed by atoms with E-state index in [9.17, 15) is 13.2 Å². The third-order valence-corrected chi connectivity index (χ3v) is 5.55. The van der Waals surface area contributed by atoms with E-state index in [1.165, 1.54) is 4.31 Å². The van der Waals surface area contributed by atoms with E-state index in [0.717, 1.165) is 32.3 Å². The molecule has 1 N–H and O–H groups in total. The Morgan fingerprint density at radius 3 is 2.84 bits per heavy atom. The van der Waals surface area contributed by atoms with Crippen LogP contribution in [-0.4, -0.2) is 56.7 Å². The van der Waals surface area contributed by atoms with Gasteiger partial charge >= 0.3 is 0 Å². The van der Waals surface area contributed by atoms with Crippen molar-refractivity contribution in [1.82, 2.24) is 9.62 Å². The van der Waals surface area contributed by atoms with Crippen molar-refractivity contribution < 1.29 is 17.9 Å². The quantitative estimate of drug-likeness (QED) is 0.779. The summed E-state index contributed by atoms with van der Waals surface area (Å²) in [5.41, 5.74) is 0. The summed E-state index contributed by atoms with van der Waals surface area (Å²) in [6, 6.07) is 0. The summed E-state index contributed by atoms with van der Waals surface area (Å²) < 4.78 is 30.3. The summed E-state index contributed by atoms with van der Waals surface area (Å²) in [6.07, 6.45) is 4.00. The smallest absolute Gasteiger partial charge is 0.221 e. The fourth-order valence-electron chi connectivity index (χ4n) is 2.44. The highest BCUT2D eigenvalue weighted by Crippen LogP contribution is 2.14. The van der Waals surface area contributed by atoms with Crippen LogP contribution in [0.3, 0.4) is 0 Å². The lowest BCUT2D eigenvalue weighted by Crippen LogP contribution is -2.40. The third kappa shape index (κ3) is 4.43. The standard InChI is InChI=1S/C12H22N2O4S/c15-12(13-10-11-4-3-8-18-11)5-7-14-6-1-2-9-19(14,16)17/h11H,1-10H2,(H,13,15). The summed E-state index contributed by atoms with van der Waals surface area (Å²) in [7, 11) is -3.12. The van der Waals surface area contributed by atoms with Crippen molar-refractivity contribution >= 4 is 15.9 Å². The van der Waals surface area contributed by atoms with Crippen molar-refractivity contribution in [3.8, 4) is 0 Å². The molecular weight excluding hydrogens is 268 g/mol. The fraction of sp³-hybridized carbons (Fsp3) is 0.917. The van der Waals surface area contributed by atoms with Gasteiger partial charge in [-0.05, 0) is 25.7 Å². The topological polar surface area (TPSA) is 75.7 Å². The Balaban J connectivity index is 1.67. The SMILES string of the molecule is O=C(CCN1CCCCS1(=O)=O)NCC1CCCO1. The number of ether oxygens (including phenoxy) is 1. The van der Waals surface area contributed by atoms with Gasteiger partial charge in [0.2, 0.25) is 15.9 Å². The highest BCUT2D eigenvalue weighted by Gasteiger charge is 2.26. The minimum Gasteiger partial charge on any atom is -0.376 e. The second-order valence-electron chi connectivity index (χ2n) is 5.11. The van der Waals surface area contributed by atoms with E-state index < -0.39 is 10.0 Å². The molecule has 2 saturated heterocycles. The second-order valence-corrected chi connectivity index (χ2v) is 7.20. The fourth-order valence-corrected chi connectivity index (χ4v) is 4.04. The number of amides is 1. The Morgan fingerprint density at radius 2 is 2.16 bits per heavy atom. The second kappa shape index (κ2) is 6.67. The van der Waals surface area contributed by atoms with E-state index in [0.29, 0.717) is 19.6 Å². The highest BCUT2D eigenvalue weighted by molar-refractivity contribution is 7.89. The number of nitrogens with zero attached hydrogens (tertiary/aromatic N) is 1. The molecule has 7 heteroatoms. The molecule has 1 unspecified atom stereocenters. The Hall–Kier alpha value is -0.660. The van der Waals surface area contributed by atoms with Crippen LogP contribution in [0, 0.1) is 0 Å². The van der Waals surface area contributed by atoms with Crippen LogP contribution < -0.4 is 5.32 Å². The first kappa shape index (κ1) is 14.7. The lowest BCUT2D eigenvalue weighted by atomic mass is 10.2. The van der Waals surface area contributed by atoms with E-state index in [-0.39, 0.29) is 24.2 Å². The zero-order valence-electron chi connectivity index (χ0n) is 11.1. The summed E-state index contributed by atoms with van der Waals surface area (Å²) in [4.78, 5) is 11.7. The van der Waals surface area contributed by atoms with Crippen LogP contribution in [0.25, 0.3) is 0 Å². The van der Waals surface area contributed by atoms with E-state index in [2.05, 4.69) is 5.32 Å². The van der Waals surface area contributed by atoms with Gasteiger partial charge in [0.1, 0.15) is 0 Å². The van der Waals surface area contributed by atoms with Crippen molar-refractivity contribution in [1.29, 1.82) is 0 Å². The molecule has 1 atom stereocenters. The minimum absolute atomic E-state index is 0.101. The molecule has 0 radical (unpaired) electrons. The molecule has 0 aromatic rings. The third-order valence-electron chi connectivity index (χ3n) is 3.59. The summed E-state index contributed by atoms with van der Waals surface area (Å²) in [5.74, 6) is 0.112. The van der Waals surface area contributed by atoms with Gasteiger partial charge in [0.05, 0.1) is 11.9 Å². The molecule has 19 heavy (non-hydrogen) atoms. The van der Waals surface area contributed by atoms with Crippen LogP contribution >= 0.6 is 0 Å². The van der Waals surface area contributed by atoms with Crippen LogP contribution in [0.5, 0.6) is 0 Å². The van der Waals surface area contributed by atoms with Crippen molar-refractivity contribution in [3.63, 3.8) is 0 Å². The molecule has 0 spiro atoms. The van der Waals surface area contributed by atoms with Crippen LogP contribution in [0.4, 0.5) is 0 Å². The van der Waals surface area contributed by atoms with Crippen molar-refractivity contribution in [2.75, 3.05) is 32.0 Å². The number of carbonyl (C=O) groups is 1. The predicted molar refractivity (Wildman–Crippen MR) is 71.2 cm³/mol. The van der Waals surface area contributed by atoms with Crippen molar-refractivity contribution in [2.45, 2.75) is 38.2 Å². The van der Waals surface area contributed by atoms with Crippen molar-refractivity contribution in [2.24, 2.45) is 0 Å². The van der Waals surface area contributed by atoms with Gasteiger partial charge in [-0.15, -0.1) is 0 Å². The maximum atomic E-state index is 11.7. The van der Waals surface area contributed by atoms with Gasteiger partial charge in [-0.3, -0.25) is 4.79 Å². The average Bonchev–Trinajstić information content (AvgIpc) is 2.87. The summed E-state index contributed by atoms with van der Waals surface area (Å²) in [6.45, 7) is 2.14. The monoisotopic (exact) mass is 290 g/mol. The average molecular weight is 290 g/mol. The molecule has 0 aromatic heterocycles. The molecule has 0 aromatic carbocycles. The van der Waals surface area contributed by atoms with Crippen LogP contribution in [-0.2, 0) is 19.6 Å². The van der Waals surface area contributed by atoms with Gasteiger partial charge in [-0.2, -0.15) is 0 Å². The number of sulfonamides is 1. The molecule has 2 rings (SSSR count). The molecule has 6 nitrogen and oxygen atoms in total. The lowest BCUT2D eigenvalue weighted by molar-refractivity contribution is -0.121. The van der Waals surface area contributed by atoms with E-state index in [1.54, 1.807) is 0 Å². The highest BCUT2D eigenvalue weighted by atomic mass is 32.2. The van der Waals surface area contributed by atoms with Gasteiger partial charge < -0.3 is 10.1 Å². The molecule has 0 bridgehead atoms. The molecule has 110 valence electrons. The lowest BCUT2D eigenvalue weighted by Gasteiger charge is -2.25. The van der Waals surface area contributed by atoms with Gasteiger partial charge in [0.25, 0.3) is 0 Å². The van der Waals surface area contributed by atoms with Gasteiger partial charge in [-0.1, -0.05) is 0 Å². The normalized spacial score (nSPS) is 27.3. The molecular formula is C12H22N2O4S. The van der Waals surface area contributed by atoms with E-state index in [1.807, 2.05) is 0 Å². The predicted octanol–water partition coefficient (Wildman–Crippen LogP) is 0.0973. The number of hydrogen-bond acceptors (Lipinski definition) is 4. The summed E-state index contributed by atoms with van der Waals surface area (Å²) >= 11 is 0. The Labute approximate surface area is 114 Å². The molecule has 2 heterocycles. The first-order valence-electron chi connectivity index (χ1n) is 6.94. The number of rotatable bonds is 5. The number of carbonyl (C=O) groups excluding carboxylic acids is 1. The van der Waals surface area contributed by atoms with Crippen molar-refractivity contribution in [3.05, 3.63) is 0 Å². The molecule has 2 aliphatic heterocycles. The maximum Gasteiger partial charge on any atom is 0.221 e. The Kier molecular flexibility index (Phi) is 5.18. The summed E-state index contributed by atoms with van der Waals surface area (Å²) in [5, 5.41) is 2.81. The Morgan fingerprint density at radius 1 is 1.32 bits per heavy atom. The first-order valence-corrected chi connectivity index (χ1v) is 8.55. The van der Waals surface area contributed by atoms with E-state index in [4.69, 9.17) is 4.74 Å². The zero-order valence-corrected chi connectivity index (χ0v) is 12.0. The molecule has 2 fully saturated rings.